The summed E-state index contributed by atoms with van der Waals surface area (Å²) in [4.78, 5) is 12.6. The Balaban J connectivity index is 1.85. The molecular formula is C17H19N5O3. The highest BCUT2D eigenvalue weighted by atomic mass is 16.5. The predicted molar refractivity (Wildman–Crippen MR) is 89.6 cm³/mol. The second-order valence-corrected chi connectivity index (χ2v) is 5.99. The highest BCUT2D eigenvalue weighted by molar-refractivity contribution is 5.99. The summed E-state index contributed by atoms with van der Waals surface area (Å²) in [6.07, 6.45) is 2.20. The number of allylic oxidation sites excluding steroid dienone is 2. The number of fused-ring (bicyclic) bond motifs is 1. The average molecular weight is 341 g/mol. The van der Waals surface area contributed by atoms with Crippen molar-refractivity contribution >= 4 is 11.7 Å². The van der Waals surface area contributed by atoms with Gasteiger partial charge in [-0.25, -0.2) is 0 Å². The lowest BCUT2D eigenvalue weighted by Crippen LogP contribution is -2.31. The molecule has 4 rings (SSSR count). The lowest BCUT2D eigenvalue weighted by atomic mass is 9.85. The average Bonchev–Trinajstić information content (AvgIpc) is 3.09. The third-order valence-electron chi connectivity index (χ3n) is 4.53. The maximum absolute atomic E-state index is 12.6. The van der Waals surface area contributed by atoms with E-state index in [4.69, 9.17) is 9.47 Å². The molecule has 1 atom stereocenters. The SMILES string of the molecule is CCOc1ccc(C2C3=C(CCCC3=O)Nc3nnnn32)cc1OC. The molecule has 1 unspecified atom stereocenters. The first-order valence-electron chi connectivity index (χ1n) is 8.34. The fourth-order valence-electron chi connectivity index (χ4n) is 3.45. The zero-order valence-corrected chi connectivity index (χ0v) is 14.2. The number of rotatable bonds is 4. The molecule has 0 bridgehead atoms. The number of ether oxygens (including phenoxy) is 2. The van der Waals surface area contributed by atoms with Crippen molar-refractivity contribution < 1.29 is 14.3 Å². The first-order chi connectivity index (χ1) is 12.2. The summed E-state index contributed by atoms with van der Waals surface area (Å²) >= 11 is 0. The van der Waals surface area contributed by atoms with Crippen LogP contribution in [0.4, 0.5) is 5.95 Å². The minimum Gasteiger partial charge on any atom is -0.493 e. The number of methoxy groups -OCH3 is 1. The van der Waals surface area contributed by atoms with E-state index in [0.29, 0.717) is 30.5 Å². The van der Waals surface area contributed by atoms with Crippen LogP contribution in [-0.4, -0.2) is 39.7 Å². The van der Waals surface area contributed by atoms with Crippen LogP contribution in [0.25, 0.3) is 0 Å². The van der Waals surface area contributed by atoms with E-state index < -0.39 is 0 Å². The van der Waals surface area contributed by atoms with Crippen LogP contribution in [0, 0.1) is 0 Å². The van der Waals surface area contributed by atoms with E-state index in [1.54, 1.807) is 11.8 Å². The van der Waals surface area contributed by atoms with Crippen molar-refractivity contribution in [2.24, 2.45) is 0 Å². The Morgan fingerprint density at radius 2 is 2.20 bits per heavy atom. The lowest BCUT2D eigenvalue weighted by Gasteiger charge is -2.31. The van der Waals surface area contributed by atoms with E-state index in [1.807, 2.05) is 25.1 Å². The summed E-state index contributed by atoms with van der Waals surface area (Å²) in [5.41, 5.74) is 2.53. The Kier molecular flexibility index (Phi) is 3.87. The number of benzene rings is 1. The van der Waals surface area contributed by atoms with Crippen LogP contribution in [0.1, 0.15) is 37.8 Å². The van der Waals surface area contributed by atoms with Gasteiger partial charge in [0.25, 0.3) is 0 Å². The topological polar surface area (TPSA) is 91.2 Å². The van der Waals surface area contributed by atoms with Gasteiger partial charge in [-0.15, -0.1) is 0 Å². The van der Waals surface area contributed by atoms with Gasteiger partial charge in [-0.1, -0.05) is 11.2 Å². The minimum atomic E-state index is -0.362. The number of hydrogen-bond donors (Lipinski definition) is 1. The second-order valence-electron chi connectivity index (χ2n) is 5.99. The molecule has 2 heterocycles. The summed E-state index contributed by atoms with van der Waals surface area (Å²) in [5, 5.41) is 15.1. The summed E-state index contributed by atoms with van der Waals surface area (Å²) in [6, 6.07) is 5.32. The molecule has 0 radical (unpaired) electrons. The number of carbonyl (C=O) groups excluding carboxylic acids is 1. The summed E-state index contributed by atoms with van der Waals surface area (Å²) in [6.45, 7) is 2.47. The largest absolute Gasteiger partial charge is 0.493 e. The molecule has 1 aromatic carbocycles. The van der Waals surface area contributed by atoms with Gasteiger partial charge in [-0.3, -0.25) is 4.79 Å². The van der Waals surface area contributed by atoms with Crippen LogP contribution in [0.5, 0.6) is 11.5 Å². The summed E-state index contributed by atoms with van der Waals surface area (Å²) < 4.78 is 12.7. The molecule has 25 heavy (non-hydrogen) atoms. The standard InChI is InChI=1S/C17H19N5O3/c1-3-25-13-8-7-10(9-14(13)24-2)16-15-11(5-4-6-12(15)23)18-17-19-20-21-22(16)17/h7-9,16H,3-6H2,1-2H3,(H,18,19,21). The van der Waals surface area contributed by atoms with Gasteiger partial charge in [0, 0.05) is 17.7 Å². The number of tetrazole rings is 1. The molecule has 8 heteroatoms. The third-order valence-corrected chi connectivity index (χ3v) is 4.53. The molecule has 8 nitrogen and oxygen atoms in total. The second kappa shape index (κ2) is 6.19. The normalized spacial score (nSPS) is 19.1. The van der Waals surface area contributed by atoms with Gasteiger partial charge < -0.3 is 14.8 Å². The minimum absolute atomic E-state index is 0.132. The van der Waals surface area contributed by atoms with Gasteiger partial charge in [0.05, 0.1) is 13.7 Å². The van der Waals surface area contributed by atoms with E-state index in [0.717, 1.165) is 29.7 Å². The van der Waals surface area contributed by atoms with Crippen LogP contribution in [0.15, 0.2) is 29.5 Å². The maximum atomic E-state index is 12.6. The van der Waals surface area contributed by atoms with Gasteiger partial charge in [0.15, 0.2) is 17.3 Å². The fourth-order valence-corrected chi connectivity index (χ4v) is 3.45. The molecule has 1 aliphatic heterocycles. The Hall–Kier alpha value is -2.90. The quantitative estimate of drug-likeness (QED) is 0.910. The number of Topliss-reactive ketones (excluding diaryl/α,β-unsaturated/α-hetero) is 1. The van der Waals surface area contributed by atoms with Crippen molar-refractivity contribution in [2.75, 3.05) is 19.0 Å². The van der Waals surface area contributed by atoms with Gasteiger partial charge in [0.2, 0.25) is 5.95 Å². The molecule has 0 saturated heterocycles. The van der Waals surface area contributed by atoms with Crippen LogP contribution in [0.3, 0.4) is 0 Å². The van der Waals surface area contributed by atoms with Crippen LogP contribution in [-0.2, 0) is 4.79 Å². The van der Waals surface area contributed by atoms with Gasteiger partial charge in [-0.2, -0.15) is 4.68 Å². The maximum Gasteiger partial charge on any atom is 0.248 e. The number of aromatic nitrogens is 4. The van der Waals surface area contributed by atoms with E-state index in [-0.39, 0.29) is 11.8 Å². The highest BCUT2D eigenvalue weighted by Crippen LogP contribution is 2.41. The molecule has 0 amide bonds. The Bertz CT molecular complexity index is 858. The number of ketones is 1. The van der Waals surface area contributed by atoms with Crippen molar-refractivity contribution in [2.45, 2.75) is 32.2 Å². The summed E-state index contributed by atoms with van der Waals surface area (Å²) in [7, 11) is 1.60. The molecule has 1 aromatic heterocycles. The summed E-state index contributed by atoms with van der Waals surface area (Å²) in [5.74, 6) is 1.97. The van der Waals surface area contributed by atoms with E-state index in [9.17, 15) is 4.79 Å². The molecule has 1 aliphatic carbocycles. The van der Waals surface area contributed by atoms with E-state index >= 15 is 0 Å². The van der Waals surface area contributed by atoms with Crippen LogP contribution < -0.4 is 14.8 Å². The number of nitrogens with zero attached hydrogens (tertiary/aromatic N) is 4. The van der Waals surface area contributed by atoms with Crippen molar-refractivity contribution in [1.29, 1.82) is 0 Å². The molecule has 2 aromatic rings. The Morgan fingerprint density at radius 3 is 3.00 bits per heavy atom. The predicted octanol–water partition coefficient (Wildman–Crippen LogP) is 2.10. The number of anilines is 1. The lowest BCUT2D eigenvalue weighted by molar-refractivity contribution is -0.116. The number of carbonyl (C=O) groups is 1. The van der Waals surface area contributed by atoms with Crippen LogP contribution in [0.2, 0.25) is 0 Å². The van der Waals surface area contributed by atoms with Gasteiger partial charge in [-0.05, 0) is 47.9 Å². The van der Waals surface area contributed by atoms with Gasteiger partial charge >= 0.3 is 0 Å². The molecule has 2 aliphatic rings. The molecular weight excluding hydrogens is 322 g/mol. The molecule has 0 spiro atoms. The number of nitrogens with one attached hydrogen (secondary N) is 1. The number of hydrogen-bond acceptors (Lipinski definition) is 7. The fraction of sp³-hybridized carbons (Fsp3) is 0.412. The molecule has 0 fully saturated rings. The highest BCUT2D eigenvalue weighted by Gasteiger charge is 2.36. The van der Waals surface area contributed by atoms with Gasteiger partial charge in [0.1, 0.15) is 6.04 Å². The first-order valence-corrected chi connectivity index (χ1v) is 8.34. The van der Waals surface area contributed by atoms with Crippen molar-refractivity contribution in [3.8, 4) is 11.5 Å². The molecule has 130 valence electrons. The third kappa shape index (κ3) is 2.54. The Labute approximate surface area is 144 Å². The van der Waals surface area contributed by atoms with Crippen LogP contribution >= 0.6 is 0 Å². The molecule has 0 saturated carbocycles. The Morgan fingerprint density at radius 1 is 1.32 bits per heavy atom. The smallest absolute Gasteiger partial charge is 0.248 e. The van der Waals surface area contributed by atoms with Crippen molar-refractivity contribution in [3.05, 3.63) is 35.0 Å². The van der Waals surface area contributed by atoms with E-state index in [2.05, 4.69) is 20.8 Å². The van der Waals surface area contributed by atoms with Crippen molar-refractivity contribution in [1.82, 2.24) is 20.2 Å². The monoisotopic (exact) mass is 341 g/mol. The first kappa shape index (κ1) is 15.6. The van der Waals surface area contributed by atoms with Crippen molar-refractivity contribution in [3.63, 3.8) is 0 Å². The van der Waals surface area contributed by atoms with E-state index in [1.165, 1.54) is 0 Å². The zero-order chi connectivity index (χ0) is 17.4. The molecule has 1 N–H and O–H groups in total. The zero-order valence-electron chi connectivity index (χ0n) is 14.2.